The van der Waals surface area contributed by atoms with Gasteiger partial charge in [0.05, 0.1) is 12.5 Å². The van der Waals surface area contributed by atoms with Crippen molar-refractivity contribution in [3.63, 3.8) is 0 Å². The van der Waals surface area contributed by atoms with Gasteiger partial charge >= 0.3 is 5.97 Å². The molecule has 0 amide bonds. The van der Waals surface area contributed by atoms with E-state index in [-0.39, 0.29) is 0 Å². The fourth-order valence-electron chi connectivity index (χ4n) is 1.25. The molecule has 1 heterocycles. The van der Waals surface area contributed by atoms with Crippen LogP contribution in [0.2, 0.25) is 0 Å². The Hall–Kier alpha value is -1.43. The molecule has 0 saturated heterocycles. The standard InChI is InChI=1S/C9H15N3O3/c1-6(9(13)14)4-12(3)5-8-10-7(2)11-15-8/h6H,4-5H2,1-3H3,(H,13,14). The van der Waals surface area contributed by atoms with E-state index in [9.17, 15) is 4.79 Å². The molecule has 0 fully saturated rings. The molecule has 1 atom stereocenters. The van der Waals surface area contributed by atoms with Crippen molar-refractivity contribution < 1.29 is 14.4 Å². The molecule has 0 spiro atoms. The molecule has 0 aliphatic carbocycles. The summed E-state index contributed by atoms with van der Waals surface area (Å²) >= 11 is 0. The van der Waals surface area contributed by atoms with Crippen molar-refractivity contribution in [3.05, 3.63) is 11.7 Å². The highest BCUT2D eigenvalue weighted by atomic mass is 16.5. The van der Waals surface area contributed by atoms with E-state index in [4.69, 9.17) is 9.63 Å². The highest BCUT2D eigenvalue weighted by molar-refractivity contribution is 5.69. The quantitative estimate of drug-likeness (QED) is 0.768. The van der Waals surface area contributed by atoms with E-state index >= 15 is 0 Å². The zero-order chi connectivity index (χ0) is 11.4. The molecule has 1 aromatic rings. The molecule has 0 aromatic carbocycles. The zero-order valence-corrected chi connectivity index (χ0v) is 9.10. The summed E-state index contributed by atoms with van der Waals surface area (Å²) in [7, 11) is 1.82. The topological polar surface area (TPSA) is 79.5 Å². The van der Waals surface area contributed by atoms with Crippen LogP contribution in [-0.4, -0.2) is 39.7 Å². The number of carboxylic acid groups (broad SMARTS) is 1. The molecular weight excluding hydrogens is 198 g/mol. The molecule has 6 heteroatoms. The maximum atomic E-state index is 10.6. The first-order valence-corrected chi connectivity index (χ1v) is 4.69. The second kappa shape index (κ2) is 4.88. The second-order valence-corrected chi connectivity index (χ2v) is 3.67. The molecule has 0 radical (unpaired) electrons. The van der Waals surface area contributed by atoms with Crippen LogP contribution in [0.25, 0.3) is 0 Å². The molecular formula is C9H15N3O3. The van der Waals surface area contributed by atoms with Gasteiger partial charge in [0.2, 0.25) is 5.89 Å². The SMILES string of the molecule is Cc1noc(CN(C)CC(C)C(=O)O)n1. The lowest BCUT2D eigenvalue weighted by Gasteiger charge is -2.16. The summed E-state index contributed by atoms with van der Waals surface area (Å²) in [5, 5.41) is 12.4. The van der Waals surface area contributed by atoms with Crippen molar-refractivity contribution in [3.8, 4) is 0 Å². The third-order valence-corrected chi connectivity index (χ3v) is 1.98. The van der Waals surface area contributed by atoms with Gasteiger partial charge in [-0.15, -0.1) is 0 Å². The van der Waals surface area contributed by atoms with Gasteiger partial charge in [-0.25, -0.2) is 0 Å². The maximum absolute atomic E-state index is 10.6. The number of rotatable bonds is 5. The van der Waals surface area contributed by atoms with Crippen LogP contribution in [0.5, 0.6) is 0 Å². The van der Waals surface area contributed by atoms with Crippen LogP contribution in [0.3, 0.4) is 0 Å². The van der Waals surface area contributed by atoms with Crippen molar-refractivity contribution in [1.29, 1.82) is 0 Å². The minimum atomic E-state index is -0.802. The molecule has 0 saturated carbocycles. The fourth-order valence-corrected chi connectivity index (χ4v) is 1.25. The number of hydrogen-bond acceptors (Lipinski definition) is 5. The molecule has 1 N–H and O–H groups in total. The van der Waals surface area contributed by atoms with Gasteiger partial charge in [0.1, 0.15) is 0 Å². The Labute approximate surface area is 87.9 Å². The molecule has 0 aliphatic rings. The van der Waals surface area contributed by atoms with E-state index in [0.29, 0.717) is 24.8 Å². The summed E-state index contributed by atoms with van der Waals surface area (Å²) in [5.41, 5.74) is 0. The summed E-state index contributed by atoms with van der Waals surface area (Å²) in [5.74, 6) is -0.111. The van der Waals surface area contributed by atoms with E-state index in [1.807, 2.05) is 11.9 Å². The van der Waals surface area contributed by atoms with Crippen molar-refractivity contribution in [2.45, 2.75) is 20.4 Å². The van der Waals surface area contributed by atoms with E-state index in [1.165, 1.54) is 0 Å². The smallest absolute Gasteiger partial charge is 0.307 e. The van der Waals surface area contributed by atoms with Crippen LogP contribution in [-0.2, 0) is 11.3 Å². The Morgan fingerprint density at radius 3 is 2.80 bits per heavy atom. The molecule has 84 valence electrons. The highest BCUT2D eigenvalue weighted by Crippen LogP contribution is 2.03. The monoisotopic (exact) mass is 213 g/mol. The molecule has 0 bridgehead atoms. The predicted octanol–water partition coefficient (Wildman–Crippen LogP) is 0.531. The number of hydrogen-bond donors (Lipinski definition) is 1. The second-order valence-electron chi connectivity index (χ2n) is 3.67. The molecule has 6 nitrogen and oxygen atoms in total. The van der Waals surface area contributed by atoms with Gasteiger partial charge in [-0.3, -0.25) is 9.69 Å². The number of aryl methyl sites for hydroxylation is 1. The summed E-state index contributed by atoms with van der Waals surface area (Å²) in [6.45, 7) is 4.33. The third kappa shape index (κ3) is 3.67. The lowest BCUT2D eigenvalue weighted by molar-refractivity contribution is -0.141. The number of aromatic nitrogens is 2. The van der Waals surface area contributed by atoms with Crippen molar-refractivity contribution in [1.82, 2.24) is 15.0 Å². The van der Waals surface area contributed by atoms with Crippen LogP contribution >= 0.6 is 0 Å². The van der Waals surface area contributed by atoms with Gasteiger partial charge in [0.25, 0.3) is 0 Å². The zero-order valence-electron chi connectivity index (χ0n) is 9.10. The Bertz CT molecular complexity index is 337. The predicted molar refractivity (Wildman–Crippen MR) is 52.2 cm³/mol. The van der Waals surface area contributed by atoms with Crippen LogP contribution in [0.1, 0.15) is 18.6 Å². The lowest BCUT2D eigenvalue weighted by Crippen LogP contribution is -2.28. The molecule has 1 aromatic heterocycles. The van der Waals surface area contributed by atoms with Crippen molar-refractivity contribution in [2.75, 3.05) is 13.6 Å². The largest absolute Gasteiger partial charge is 0.481 e. The fraction of sp³-hybridized carbons (Fsp3) is 0.667. The summed E-state index contributed by atoms with van der Waals surface area (Å²) in [6.07, 6.45) is 0. The van der Waals surface area contributed by atoms with Crippen molar-refractivity contribution in [2.24, 2.45) is 5.92 Å². The Morgan fingerprint density at radius 2 is 2.33 bits per heavy atom. The van der Waals surface area contributed by atoms with Crippen molar-refractivity contribution >= 4 is 5.97 Å². The Morgan fingerprint density at radius 1 is 1.67 bits per heavy atom. The van der Waals surface area contributed by atoms with Crippen LogP contribution in [0.15, 0.2) is 4.52 Å². The van der Waals surface area contributed by atoms with E-state index in [1.54, 1.807) is 13.8 Å². The van der Waals surface area contributed by atoms with Gasteiger partial charge in [0.15, 0.2) is 5.82 Å². The minimum absolute atomic E-state index is 0.404. The Kier molecular flexibility index (Phi) is 3.79. The van der Waals surface area contributed by atoms with E-state index < -0.39 is 11.9 Å². The molecule has 0 aliphatic heterocycles. The van der Waals surface area contributed by atoms with Gasteiger partial charge in [-0.2, -0.15) is 4.98 Å². The van der Waals surface area contributed by atoms with Gasteiger partial charge in [0, 0.05) is 6.54 Å². The number of carboxylic acids is 1. The van der Waals surface area contributed by atoms with Gasteiger partial charge < -0.3 is 9.63 Å². The summed E-state index contributed by atoms with van der Waals surface area (Å²) in [4.78, 5) is 16.5. The van der Waals surface area contributed by atoms with E-state index in [2.05, 4.69) is 10.1 Å². The minimum Gasteiger partial charge on any atom is -0.481 e. The van der Waals surface area contributed by atoms with Crippen LogP contribution < -0.4 is 0 Å². The number of aliphatic carboxylic acids is 1. The first-order valence-electron chi connectivity index (χ1n) is 4.69. The third-order valence-electron chi connectivity index (χ3n) is 1.98. The molecule has 1 rings (SSSR count). The average molecular weight is 213 g/mol. The number of nitrogens with zero attached hydrogens (tertiary/aromatic N) is 3. The van der Waals surface area contributed by atoms with Gasteiger partial charge in [-0.05, 0) is 14.0 Å². The molecule has 1 unspecified atom stereocenters. The maximum Gasteiger partial charge on any atom is 0.307 e. The first kappa shape index (κ1) is 11.6. The van der Waals surface area contributed by atoms with Crippen LogP contribution in [0.4, 0.5) is 0 Å². The normalized spacial score (nSPS) is 13.1. The first-order chi connectivity index (χ1) is 6.99. The Balaban J connectivity index is 2.42. The number of carbonyl (C=O) groups is 1. The van der Waals surface area contributed by atoms with Crippen LogP contribution in [0, 0.1) is 12.8 Å². The highest BCUT2D eigenvalue weighted by Gasteiger charge is 2.15. The van der Waals surface area contributed by atoms with Gasteiger partial charge in [-0.1, -0.05) is 12.1 Å². The summed E-state index contributed by atoms with van der Waals surface area (Å²) < 4.78 is 4.93. The lowest BCUT2D eigenvalue weighted by atomic mass is 10.2. The van der Waals surface area contributed by atoms with E-state index in [0.717, 1.165) is 0 Å². The molecule has 15 heavy (non-hydrogen) atoms. The average Bonchev–Trinajstić information content (AvgIpc) is 2.50. The summed E-state index contributed by atoms with van der Waals surface area (Å²) in [6, 6.07) is 0.